The quantitative estimate of drug-likeness (QED) is 0.0581. The Bertz CT molecular complexity index is 2080. The number of rotatable bonds is 10. The van der Waals surface area contributed by atoms with Gasteiger partial charge in [0, 0.05) is 17.6 Å². The topological polar surface area (TPSA) is 340 Å². The molecule has 0 aliphatic carbocycles. The number of nitrogens with zero attached hydrogens (tertiary/aromatic N) is 5. The van der Waals surface area contributed by atoms with Crippen molar-refractivity contribution in [3.05, 3.63) is 55.9 Å². The highest BCUT2D eigenvalue weighted by atomic mass is 32.2. The molecular weight excluding hydrogens is 676 g/mol. The summed E-state index contributed by atoms with van der Waals surface area (Å²) in [4.78, 5) is 97.4. The predicted molar refractivity (Wildman–Crippen MR) is 155 cm³/mol. The molecule has 9 N–H and O–H groups in total. The second kappa shape index (κ2) is 12.3. The molecule has 5 amide bonds. The Morgan fingerprint density at radius 1 is 1.21 bits per heavy atom. The summed E-state index contributed by atoms with van der Waals surface area (Å²) in [6, 6.07) is -2.33. The summed E-state index contributed by atoms with van der Waals surface area (Å²) in [5, 5.41) is 35.6. The number of nitrogens with one attached hydrogen (secondary N) is 4. The number of imide groups is 1. The number of amides is 5. The number of carboxylic acids is 1. The SMILES string of the molecule is CC(C)(ON=C(C(=O)N[C@H]1CN(C(=O)NS(=O)(=O)n2cc(O)n(NC(=O)c3cc(=O)c(O)c[nH]3)c2=O)C1=O)c1csc(N)n1)C(=O)O. The lowest BCUT2D eigenvalue weighted by Gasteiger charge is -2.36. The number of nitrogens with two attached hydrogens (primary N) is 1. The van der Waals surface area contributed by atoms with Gasteiger partial charge >= 0.3 is 27.9 Å². The molecule has 1 aliphatic heterocycles. The van der Waals surface area contributed by atoms with Crippen LogP contribution in [-0.2, 0) is 29.4 Å². The van der Waals surface area contributed by atoms with E-state index in [1.807, 2.05) is 5.43 Å². The van der Waals surface area contributed by atoms with Crippen molar-refractivity contribution in [1.82, 2.24) is 33.6 Å². The first-order chi connectivity index (χ1) is 21.8. The molecule has 47 heavy (non-hydrogen) atoms. The van der Waals surface area contributed by atoms with Gasteiger partial charge in [0.1, 0.15) is 17.4 Å². The average Bonchev–Trinajstić information content (AvgIpc) is 3.54. The summed E-state index contributed by atoms with van der Waals surface area (Å²) in [6.45, 7) is 1.71. The molecule has 4 heterocycles. The lowest BCUT2D eigenvalue weighted by molar-refractivity contribution is -0.161. The molecule has 0 bridgehead atoms. The van der Waals surface area contributed by atoms with Gasteiger partial charge in [0.15, 0.2) is 16.6 Å². The first kappa shape index (κ1) is 33.6. The number of urea groups is 1. The Morgan fingerprint density at radius 3 is 2.47 bits per heavy atom. The van der Waals surface area contributed by atoms with Crippen LogP contribution >= 0.6 is 11.3 Å². The van der Waals surface area contributed by atoms with Crippen LogP contribution in [0.5, 0.6) is 11.6 Å². The number of oxime groups is 1. The first-order valence-corrected chi connectivity index (χ1v) is 14.8. The molecule has 0 spiro atoms. The number of aromatic nitrogens is 4. The minimum Gasteiger partial charge on any atom is -0.503 e. The van der Waals surface area contributed by atoms with Gasteiger partial charge in [-0.25, -0.2) is 24.1 Å². The third-order valence-corrected chi connectivity index (χ3v) is 7.89. The number of carboxylic acid groups (broad SMARTS) is 1. The van der Waals surface area contributed by atoms with E-state index in [4.69, 9.17) is 10.6 Å². The van der Waals surface area contributed by atoms with E-state index in [9.17, 15) is 57.3 Å². The van der Waals surface area contributed by atoms with E-state index < -0.39 is 92.3 Å². The Kier molecular flexibility index (Phi) is 8.79. The van der Waals surface area contributed by atoms with Crippen LogP contribution in [0.15, 0.2) is 38.6 Å². The summed E-state index contributed by atoms with van der Waals surface area (Å²) in [7, 11) is -5.17. The number of imidazole rings is 1. The zero-order valence-electron chi connectivity index (χ0n) is 23.6. The number of likely N-dealkylation sites (tertiary alicyclic amines) is 1. The number of thiazole rings is 1. The number of β-lactam (4-membered cyclic amide) rings is 1. The third kappa shape index (κ3) is 6.88. The second-order valence-corrected chi connectivity index (χ2v) is 12.2. The molecule has 3 aromatic heterocycles. The molecule has 1 atom stereocenters. The van der Waals surface area contributed by atoms with Crippen LogP contribution < -0.4 is 32.3 Å². The molecule has 0 unspecified atom stereocenters. The van der Waals surface area contributed by atoms with Crippen LogP contribution in [0.4, 0.5) is 9.93 Å². The number of H-pyrrole nitrogens is 1. The standard InChI is InChI=1S/C22H22N10O13S2/c1-22(2,18(39)40)45-28-14(10-7-46-19(23)26-10)16(37)25-9-5-30(17(9)38)20(41)29-47(43,44)31-6-13(35)32(21(31)42)27-15(36)8-3-11(33)12(34)4-24-8/h3-4,6-7,9,34-35H,5H2,1-2H3,(H2,23,26)(H,24,33)(H,25,37)(H,27,36)(H,29,41)(H,39,40)/t9-/m0/s1. The molecule has 1 fully saturated rings. The van der Waals surface area contributed by atoms with Gasteiger partial charge in [0.25, 0.3) is 17.7 Å². The van der Waals surface area contributed by atoms with Crippen molar-refractivity contribution in [3.8, 4) is 11.6 Å². The smallest absolute Gasteiger partial charge is 0.365 e. The van der Waals surface area contributed by atoms with E-state index >= 15 is 0 Å². The van der Waals surface area contributed by atoms with Gasteiger partial charge in [0.2, 0.25) is 16.9 Å². The molecule has 4 rings (SSSR count). The van der Waals surface area contributed by atoms with Gasteiger partial charge < -0.3 is 36.2 Å². The average molecular weight is 699 g/mol. The Labute approximate surface area is 264 Å². The summed E-state index contributed by atoms with van der Waals surface area (Å²) in [5.41, 5.74) is 1.72. The van der Waals surface area contributed by atoms with Crippen molar-refractivity contribution in [2.75, 3.05) is 17.7 Å². The fourth-order valence-electron chi connectivity index (χ4n) is 3.41. The lowest BCUT2D eigenvalue weighted by atomic mass is 10.1. The number of anilines is 1. The fraction of sp³-hybridized carbons (Fsp3) is 0.227. The molecule has 25 heteroatoms. The highest BCUT2D eigenvalue weighted by molar-refractivity contribution is 7.88. The summed E-state index contributed by atoms with van der Waals surface area (Å²) in [6.07, 6.45) is 1.07. The van der Waals surface area contributed by atoms with Crippen LogP contribution in [0.3, 0.4) is 0 Å². The Morgan fingerprint density at radius 2 is 1.89 bits per heavy atom. The van der Waals surface area contributed by atoms with E-state index in [0.29, 0.717) is 17.2 Å². The number of aromatic amines is 1. The Balaban J connectivity index is 1.43. The maximum absolute atomic E-state index is 12.9. The number of nitrogen functional groups attached to an aromatic ring is 1. The van der Waals surface area contributed by atoms with Gasteiger partial charge in [-0.05, 0) is 13.8 Å². The molecule has 0 saturated carbocycles. The van der Waals surface area contributed by atoms with Crippen molar-refractivity contribution in [2.45, 2.75) is 25.5 Å². The monoisotopic (exact) mass is 698 g/mol. The van der Waals surface area contributed by atoms with Gasteiger partial charge in [-0.2, -0.15) is 17.1 Å². The number of carbonyl (C=O) groups is 5. The highest BCUT2D eigenvalue weighted by Gasteiger charge is 2.44. The minimum absolute atomic E-state index is 0.0144. The third-order valence-electron chi connectivity index (χ3n) is 6.01. The molecular formula is C22H22N10O13S2. The molecule has 1 saturated heterocycles. The zero-order chi connectivity index (χ0) is 35.0. The summed E-state index contributed by atoms with van der Waals surface area (Å²) >= 11 is 0.909. The van der Waals surface area contributed by atoms with Gasteiger partial charge in [0.05, 0.1) is 12.7 Å². The number of hydrogen-bond acceptors (Lipinski definition) is 16. The molecule has 1 aliphatic rings. The van der Waals surface area contributed by atoms with Gasteiger partial charge in [-0.15, -0.1) is 11.3 Å². The van der Waals surface area contributed by atoms with E-state index in [2.05, 4.69) is 20.4 Å². The molecule has 250 valence electrons. The van der Waals surface area contributed by atoms with Crippen LogP contribution in [0, 0.1) is 0 Å². The second-order valence-electron chi connectivity index (χ2n) is 9.74. The summed E-state index contributed by atoms with van der Waals surface area (Å²) in [5.74, 6) is -6.71. The fourth-order valence-corrected chi connectivity index (χ4v) is 4.90. The van der Waals surface area contributed by atoms with Crippen molar-refractivity contribution < 1.29 is 52.5 Å². The van der Waals surface area contributed by atoms with Crippen molar-refractivity contribution in [1.29, 1.82) is 0 Å². The number of aliphatic carboxylic acids is 1. The molecule has 0 radical (unpaired) electrons. The van der Waals surface area contributed by atoms with Crippen molar-refractivity contribution in [2.24, 2.45) is 5.16 Å². The van der Waals surface area contributed by atoms with E-state index in [0.717, 1.165) is 31.4 Å². The van der Waals surface area contributed by atoms with Crippen LogP contribution in [0.2, 0.25) is 0 Å². The zero-order valence-corrected chi connectivity index (χ0v) is 25.3. The maximum atomic E-state index is 12.9. The van der Waals surface area contributed by atoms with Crippen LogP contribution in [0.1, 0.15) is 30.0 Å². The van der Waals surface area contributed by atoms with E-state index in [1.165, 1.54) is 10.1 Å². The normalized spacial score (nSPS) is 15.0. The lowest BCUT2D eigenvalue weighted by Crippen LogP contribution is -2.68. The van der Waals surface area contributed by atoms with E-state index in [1.54, 1.807) is 0 Å². The number of hydrogen-bond donors (Lipinski definition) is 8. The van der Waals surface area contributed by atoms with Gasteiger partial charge in [-0.3, -0.25) is 29.5 Å². The number of carbonyl (C=O) groups excluding carboxylic acids is 4. The number of aromatic hydroxyl groups is 2. The molecule has 23 nitrogen and oxygen atoms in total. The predicted octanol–water partition coefficient (Wildman–Crippen LogP) is -3.41. The van der Waals surface area contributed by atoms with E-state index in [-0.39, 0.29) is 19.5 Å². The van der Waals surface area contributed by atoms with Gasteiger partial charge in [-0.1, -0.05) is 5.16 Å². The highest BCUT2D eigenvalue weighted by Crippen LogP contribution is 2.17. The van der Waals surface area contributed by atoms with Crippen LogP contribution in [0.25, 0.3) is 0 Å². The van der Waals surface area contributed by atoms with Crippen molar-refractivity contribution in [3.63, 3.8) is 0 Å². The minimum atomic E-state index is -5.17. The van der Waals surface area contributed by atoms with Crippen molar-refractivity contribution >= 4 is 62.1 Å². The Hall–Kier alpha value is -6.24. The number of pyridine rings is 1. The summed E-state index contributed by atoms with van der Waals surface area (Å²) < 4.78 is 26.8. The first-order valence-electron chi connectivity index (χ1n) is 12.5. The molecule has 3 aromatic rings. The van der Waals surface area contributed by atoms with Crippen LogP contribution in [-0.4, -0.2) is 101 Å². The largest absolute Gasteiger partial charge is 0.503 e. The maximum Gasteiger partial charge on any atom is 0.365 e. The molecule has 0 aromatic carbocycles.